The van der Waals surface area contributed by atoms with Crippen molar-refractivity contribution >= 4 is 17.5 Å². The highest BCUT2D eigenvalue weighted by molar-refractivity contribution is 6.17. The summed E-state index contributed by atoms with van der Waals surface area (Å²) in [6.45, 7) is 0.451. The van der Waals surface area contributed by atoms with Gasteiger partial charge in [-0.3, -0.25) is 4.79 Å². The average molecular weight is 272 g/mol. The number of rotatable bonds is 6. The number of aliphatic hydroxyl groups excluding tert-OH is 1. The molecule has 1 aromatic carbocycles. The summed E-state index contributed by atoms with van der Waals surface area (Å²) in [6.07, 6.45) is -0.675. The summed E-state index contributed by atoms with van der Waals surface area (Å²) in [5.74, 6) is 0.294. The van der Waals surface area contributed by atoms with Gasteiger partial charge in [0.2, 0.25) is 0 Å². The summed E-state index contributed by atoms with van der Waals surface area (Å²) >= 11 is 5.68. The number of hydrogen-bond acceptors (Lipinski definition) is 3. The predicted octanol–water partition coefficient (Wildman–Crippen LogP) is 1.50. The Bertz CT molecular complexity index is 380. The third-order valence-corrected chi connectivity index (χ3v) is 2.85. The minimum Gasteiger partial charge on any atom is -0.389 e. The largest absolute Gasteiger partial charge is 0.389 e. The molecule has 1 aromatic rings. The maximum absolute atomic E-state index is 12.0. The van der Waals surface area contributed by atoms with Gasteiger partial charge in [0, 0.05) is 32.1 Å². The number of amides is 1. The van der Waals surface area contributed by atoms with E-state index in [2.05, 4.69) is 0 Å². The molecule has 4 nitrogen and oxygen atoms in total. The van der Waals surface area contributed by atoms with E-state index in [9.17, 15) is 9.90 Å². The molecule has 1 rings (SSSR count). The van der Waals surface area contributed by atoms with Gasteiger partial charge in [-0.1, -0.05) is 12.1 Å². The van der Waals surface area contributed by atoms with Gasteiger partial charge >= 0.3 is 0 Å². The average Bonchev–Trinajstić information content (AvgIpc) is 2.38. The summed E-state index contributed by atoms with van der Waals surface area (Å²) < 4.78 is 4.82. The molecule has 0 radical (unpaired) electrons. The zero-order valence-corrected chi connectivity index (χ0v) is 11.4. The van der Waals surface area contributed by atoms with Gasteiger partial charge in [0.1, 0.15) is 0 Å². The Balaban J connectivity index is 2.62. The van der Waals surface area contributed by atoms with Crippen molar-refractivity contribution in [2.45, 2.75) is 12.0 Å². The van der Waals surface area contributed by atoms with E-state index < -0.39 is 6.10 Å². The molecular weight excluding hydrogens is 254 g/mol. The van der Waals surface area contributed by atoms with E-state index in [-0.39, 0.29) is 19.1 Å². The fourth-order valence-electron chi connectivity index (χ4n) is 1.60. The van der Waals surface area contributed by atoms with Crippen LogP contribution in [0.4, 0.5) is 0 Å². The molecule has 1 atom stereocenters. The van der Waals surface area contributed by atoms with Crippen molar-refractivity contribution in [1.29, 1.82) is 0 Å². The smallest absolute Gasteiger partial charge is 0.253 e. The lowest BCUT2D eigenvalue weighted by Crippen LogP contribution is -2.36. The van der Waals surface area contributed by atoms with Crippen LogP contribution in [0, 0.1) is 0 Å². The van der Waals surface area contributed by atoms with Gasteiger partial charge in [-0.05, 0) is 17.7 Å². The van der Waals surface area contributed by atoms with Gasteiger partial charge in [0.25, 0.3) is 5.91 Å². The number of alkyl halides is 1. The van der Waals surface area contributed by atoms with Crippen molar-refractivity contribution in [3.63, 3.8) is 0 Å². The summed E-state index contributed by atoms with van der Waals surface area (Å²) in [5.41, 5.74) is 1.55. The topological polar surface area (TPSA) is 49.8 Å². The SMILES string of the molecule is COCC(O)CN(C)C(=O)c1ccc(CCl)cc1. The Morgan fingerprint density at radius 3 is 2.56 bits per heavy atom. The standard InChI is InChI=1S/C13H18ClNO3/c1-15(8-12(16)9-18-2)13(17)11-5-3-10(7-14)4-6-11/h3-6,12,16H,7-9H2,1-2H3. The molecule has 0 bridgehead atoms. The fraction of sp³-hybridized carbons (Fsp3) is 0.462. The molecule has 0 aromatic heterocycles. The summed E-state index contributed by atoms with van der Waals surface area (Å²) in [5, 5.41) is 9.56. The van der Waals surface area contributed by atoms with Crippen molar-refractivity contribution in [3.05, 3.63) is 35.4 Å². The molecule has 1 unspecified atom stereocenters. The van der Waals surface area contributed by atoms with Crippen LogP contribution in [-0.2, 0) is 10.6 Å². The van der Waals surface area contributed by atoms with Crippen LogP contribution in [0.15, 0.2) is 24.3 Å². The van der Waals surface area contributed by atoms with Gasteiger partial charge < -0.3 is 14.7 Å². The third kappa shape index (κ3) is 4.29. The minimum atomic E-state index is -0.675. The first-order valence-corrected chi connectivity index (χ1v) is 6.19. The lowest BCUT2D eigenvalue weighted by Gasteiger charge is -2.20. The molecule has 18 heavy (non-hydrogen) atoms. The van der Waals surface area contributed by atoms with E-state index in [1.54, 1.807) is 19.2 Å². The number of carbonyl (C=O) groups is 1. The van der Waals surface area contributed by atoms with Crippen LogP contribution in [0.1, 0.15) is 15.9 Å². The van der Waals surface area contributed by atoms with E-state index in [1.807, 2.05) is 12.1 Å². The monoisotopic (exact) mass is 271 g/mol. The van der Waals surface area contributed by atoms with Gasteiger partial charge in [-0.2, -0.15) is 0 Å². The van der Waals surface area contributed by atoms with Crippen molar-refractivity contribution in [1.82, 2.24) is 4.90 Å². The van der Waals surface area contributed by atoms with E-state index in [1.165, 1.54) is 12.0 Å². The first-order chi connectivity index (χ1) is 8.58. The molecule has 0 aliphatic rings. The molecule has 5 heteroatoms. The number of hydrogen-bond donors (Lipinski definition) is 1. The maximum Gasteiger partial charge on any atom is 0.253 e. The fourth-order valence-corrected chi connectivity index (χ4v) is 1.78. The molecule has 0 heterocycles. The van der Waals surface area contributed by atoms with Crippen molar-refractivity contribution in [2.75, 3.05) is 27.3 Å². The number of aliphatic hydroxyl groups is 1. The van der Waals surface area contributed by atoms with Crippen LogP contribution in [0.2, 0.25) is 0 Å². The molecule has 1 amide bonds. The zero-order valence-electron chi connectivity index (χ0n) is 10.6. The molecule has 0 aliphatic heterocycles. The predicted molar refractivity (Wildman–Crippen MR) is 70.8 cm³/mol. The summed E-state index contributed by atoms with van der Waals surface area (Å²) in [7, 11) is 3.16. The minimum absolute atomic E-state index is 0.133. The van der Waals surface area contributed by atoms with Crippen LogP contribution in [0.3, 0.4) is 0 Å². The first kappa shape index (κ1) is 15.0. The number of nitrogens with zero attached hydrogens (tertiary/aromatic N) is 1. The quantitative estimate of drug-likeness (QED) is 0.798. The van der Waals surface area contributed by atoms with Crippen molar-refractivity contribution < 1.29 is 14.6 Å². The highest BCUT2D eigenvalue weighted by Crippen LogP contribution is 2.09. The second-order valence-corrected chi connectivity index (χ2v) is 4.39. The molecule has 100 valence electrons. The summed E-state index contributed by atoms with van der Waals surface area (Å²) in [4.78, 5) is 13.5. The van der Waals surface area contributed by atoms with E-state index >= 15 is 0 Å². The van der Waals surface area contributed by atoms with Crippen LogP contribution >= 0.6 is 11.6 Å². The highest BCUT2D eigenvalue weighted by Gasteiger charge is 2.15. The molecule has 0 fully saturated rings. The van der Waals surface area contributed by atoms with Crippen LogP contribution < -0.4 is 0 Å². The second-order valence-electron chi connectivity index (χ2n) is 4.13. The number of benzene rings is 1. The van der Waals surface area contributed by atoms with Gasteiger partial charge in [0.15, 0.2) is 0 Å². The van der Waals surface area contributed by atoms with E-state index in [4.69, 9.17) is 16.3 Å². The highest BCUT2D eigenvalue weighted by atomic mass is 35.5. The van der Waals surface area contributed by atoms with Gasteiger partial charge in [-0.25, -0.2) is 0 Å². The second kappa shape index (κ2) is 7.36. The number of likely N-dealkylation sites (N-methyl/N-ethyl adjacent to an activating group) is 1. The molecule has 0 saturated heterocycles. The molecule has 0 aliphatic carbocycles. The van der Waals surface area contributed by atoms with Crippen LogP contribution in [0.25, 0.3) is 0 Å². The van der Waals surface area contributed by atoms with Gasteiger partial charge in [-0.15, -0.1) is 11.6 Å². The van der Waals surface area contributed by atoms with Crippen LogP contribution in [-0.4, -0.2) is 49.3 Å². The van der Waals surface area contributed by atoms with E-state index in [0.717, 1.165) is 5.56 Å². The van der Waals surface area contributed by atoms with Crippen molar-refractivity contribution in [3.8, 4) is 0 Å². The Kier molecular flexibility index (Phi) is 6.12. The molecule has 0 saturated carbocycles. The van der Waals surface area contributed by atoms with Gasteiger partial charge in [0.05, 0.1) is 12.7 Å². The van der Waals surface area contributed by atoms with E-state index in [0.29, 0.717) is 11.4 Å². The molecule has 0 spiro atoms. The maximum atomic E-state index is 12.0. The van der Waals surface area contributed by atoms with Crippen molar-refractivity contribution in [2.24, 2.45) is 0 Å². The van der Waals surface area contributed by atoms with Crippen LogP contribution in [0.5, 0.6) is 0 Å². The normalized spacial score (nSPS) is 12.2. The molecular formula is C13H18ClNO3. The number of halogens is 1. The number of methoxy groups -OCH3 is 1. The number of carbonyl (C=O) groups excluding carboxylic acids is 1. The molecule has 1 N–H and O–H groups in total. The summed E-state index contributed by atoms with van der Waals surface area (Å²) in [6, 6.07) is 7.11. The Morgan fingerprint density at radius 1 is 1.44 bits per heavy atom. The Morgan fingerprint density at radius 2 is 2.06 bits per heavy atom. The lowest BCUT2D eigenvalue weighted by atomic mass is 10.1. The Labute approximate surface area is 112 Å². The first-order valence-electron chi connectivity index (χ1n) is 5.65. The zero-order chi connectivity index (χ0) is 13.5. The Hall–Kier alpha value is -1.10. The number of ether oxygens (including phenoxy) is 1. The third-order valence-electron chi connectivity index (χ3n) is 2.55. The lowest BCUT2D eigenvalue weighted by molar-refractivity contribution is 0.0380.